The fraction of sp³-hybridized carbons (Fsp3) is 0.833. The maximum absolute atomic E-state index is 8.51. The van der Waals surface area contributed by atoms with E-state index in [0.29, 0.717) is 19.5 Å². The van der Waals surface area contributed by atoms with Crippen molar-refractivity contribution in [3.05, 3.63) is 0 Å². The molecule has 0 saturated carbocycles. The molecule has 5 heteroatoms. The van der Waals surface area contributed by atoms with Gasteiger partial charge in [0.05, 0.1) is 6.61 Å². The van der Waals surface area contributed by atoms with E-state index in [4.69, 9.17) is 16.0 Å². The van der Waals surface area contributed by atoms with Crippen LogP contribution in [0.3, 0.4) is 0 Å². The van der Waals surface area contributed by atoms with Gasteiger partial charge in [0.2, 0.25) is 0 Å². The molecule has 0 rings (SSSR count). The first-order valence-electron chi connectivity index (χ1n) is 3.46. The molecule has 0 aliphatic rings. The highest BCUT2D eigenvalue weighted by atomic mass is 16.4. The zero-order valence-corrected chi connectivity index (χ0v) is 6.69. The van der Waals surface area contributed by atoms with Gasteiger partial charge in [0, 0.05) is 19.5 Å². The molecule has 0 heterocycles. The third kappa shape index (κ3) is 5.63. The Labute approximate surface area is 66.1 Å². The van der Waals surface area contributed by atoms with Crippen molar-refractivity contribution in [2.45, 2.75) is 6.42 Å². The molecular weight excluding hydrogens is 146 g/mol. The second-order valence-electron chi connectivity index (χ2n) is 2.37. The van der Waals surface area contributed by atoms with E-state index in [1.165, 1.54) is 0 Å². The first kappa shape index (κ1) is 10.2. The third-order valence-corrected chi connectivity index (χ3v) is 1.36. The highest BCUT2D eigenvalue weighted by Gasteiger charge is 1.98. The number of hydrogen-bond acceptors (Lipinski definition) is 4. The van der Waals surface area contributed by atoms with Crippen LogP contribution in [0.5, 0.6) is 0 Å². The number of amidine groups is 1. The average Bonchev–Trinajstić information content (AvgIpc) is 2.01. The van der Waals surface area contributed by atoms with Gasteiger partial charge in [-0.1, -0.05) is 5.16 Å². The number of aliphatic hydroxyl groups excluding tert-OH is 1. The molecule has 0 fully saturated rings. The van der Waals surface area contributed by atoms with Crippen molar-refractivity contribution in [2.24, 2.45) is 10.9 Å². The molecule has 0 aliphatic carbocycles. The minimum Gasteiger partial charge on any atom is -0.409 e. The van der Waals surface area contributed by atoms with E-state index in [2.05, 4.69) is 5.16 Å². The first-order chi connectivity index (χ1) is 5.20. The molecule has 0 aliphatic heterocycles. The standard InChI is InChI=1S/C6H15N3O2/c1-9(4-5-10)3-2-6(7)8-11/h10-11H,2-5H2,1H3,(H2,7,8). The Morgan fingerprint density at radius 1 is 1.55 bits per heavy atom. The molecule has 0 atom stereocenters. The molecule has 0 unspecified atom stereocenters. The lowest BCUT2D eigenvalue weighted by molar-refractivity contribution is 0.224. The van der Waals surface area contributed by atoms with Crippen molar-refractivity contribution < 1.29 is 10.3 Å². The van der Waals surface area contributed by atoms with Gasteiger partial charge >= 0.3 is 0 Å². The first-order valence-corrected chi connectivity index (χ1v) is 3.46. The lowest BCUT2D eigenvalue weighted by Crippen LogP contribution is -2.27. The highest BCUT2D eigenvalue weighted by molar-refractivity contribution is 5.79. The Balaban J connectivity index is 3.37. The number of aliphatic hydroxyl groups is 1. The molecule has 0 aromatic carbocycles. The molecule has 0 bridgehead atoms. The van der Waals surface area contributed by atoms with Gasteiger partial charge in [-0.25, -0.2) is 0 Å². The molecule has 0 aromatic rings. The lowest BCUT2D eigenvalue weighted by atomic mass is 10.4. The van der Waals surface area contributed by atoms with Crippen LogP contribution < -0.4 is 5.73 Å². The van der Waals surface area contributed by atoms with E-state index in [0.717, 1.165) is 0 Å². The maximum Gasteiger partial charge on any atom is 0.140 e. The molecule has 0 spiro atoms. The highest BCUT2D eigenvalue weighted by Crippen LogP contribution is 1.86. The van der Waals surface area contributed by atoms with E-state index < -0.39 is 0 Å². The van der Waals surface area contributed by atoms with Gasteiger partial charge in [0.1, 0.15) is 5.84 Å². The van der Waals surface area contributed by atoms with Crippen molar-refractivity contribution in [2.75, 3.05) is 26.7 Å². The quantitative estimate of drug-likeness (QED) is 0.210. The number of oxime groups is 1. The Hall–Kier alpha value is -0.810. The van der Waals surface area contributed by atoms with Crippen LogP contribution in [0.2, 0.25) is 0 Å². The van der Waals surface area contributed by atoms with Gasteiger partial charge in [-0.3, -0.25) is 0 Å². The van der Waals surface area contributed by atoms with E-state index >= 15 is 0 Å². The molecule has 0 amide bonds. The second kappa shape index (κ2) is 5.94. The Morgan fingerprint density at radius 3 is 2.64 bits per heavy atom. The fourth-order valence-electron chi connectivity index (χ4n) is 0.638. The van der Waals surface area contributed by atoms with Gasteiger partial charge < -0.3 is 20.9 Å². The molecule has 66 valence electrons. The molecule has 11 heavy (non-hydrogen) atoms. The van der Waals surface area contributed by atoms with Crippen molar-refractivity contribution >= 4 is 5.84 Å². The van der Waals surface area contributed by atoms with Gasteiger partial charge in [0.25, 0.3) is 0 Å². The summed E-state index contributed by atoms with van der Waals surface area (Å²) in [6.45, 7) is 1.43. The van der Waals surface area contributed by atoms with Gasteiger partial charge in [-0.15, -0.1) is 0 Å². The minimum absolute atomic E-state index is 0.132. The molecule has 4 N–H and O–H groups in total. The Morgan fingerprint density at radius 2 is 2.18 bits per heavy atom. The Kier molecular flexibility index (Phi) is 5.50. The van der Waals surface area contributed by atoms with Crippen molar-refractivity contribution in [3.63, 3.8) is 0 Å². The summed E-state index contributed by atoms with van der Waals surface area (Å²) in [4.78, 5) is 1.90. The summed E-state index contributed by atoms with van der Waals surface area (Å²) in [5, 5.41) is 19.5. The van der Waals surface area contributed by atoms with Crippen LogP contribution in [-0.4, -0.2) is 47.8 Å². The molecular formula is C6H15N3O2. The molecule has 0 saturated heterocycles. The number of nitrogens with zero attached hydrogens (tertiary/aromatic N) is 2. The Bertz CT molecular complexity index is 127. The number of rotatable bonds is 5. The summed E-state index contributed by atoms with van der Waals surface area (Å²) in [6.07, 6.45) is 0.521. The van der Waals surface area contributed by atoms with Crippen molar-refractivity contribution in [1.82, 2.24) is 4.90 Å². The topological polar surface area (TPSA) is 82.1 Å². The SMILES string of the molecule is CN(CCO)CC/C(N)=N/O. The second-order valence-corrected chi connectivity index (χ2v) is 2.37. The summed E-state index contributed by atoms with van der Waals surface area (Å²) in [7, 11) is 1.86. The smallest absolute Gasteiger partial charge is 0.140 e. The average molecular weight is 161 g/mol. The molecule has 0 radical (unpaired) electrons. The van der Waals surface area contributed by atoms with Crippen LogP contribution in [0.4, 0.5) is 0 Å². The van der Waals surface area contributed by atoms with Crippen LogP contribution in [0.1, 0.15) is 6.42 Å². The monoisotopic (exact) mass is 161 g/mol. The minimum atomic E-state index is 0.132. The normalized spacial score (nSPS) is 12.5. The lowest BCUT2D eigenvalue weighted by Gasteiger charge is -2.13. The summed E-state index contributed by atoms with van der Waals surface area (Å²) >= 11 is 0. The van der Waals surface area contributed by atoms with E-state index in [-0.39, 0.29) is 12.4 Å². The summed E-state index contributed by atoms with van der Waals surface area (Å²) < 4.78 is 0. The van der Waals surface area contributed by atoms with E-state index in [1.54, 1.807) is 0 Å². The summed E-state index contributed by atoms with van der Waals surface area (Å²) in [6, 6.07) is 0. The van der Waals surface area contributed by atoms with E-state index in [9.17, 15) is 0 Å². The van der Waals surface area contributed by atoms with Gasteiger partial charge in [-0.2, -0.15) is 0 Å². The van der Waals surface area contributed by atoms with Crippen LogP contribution >= 0.6 is 0 Å². The number of nitrogens with two attached hydrogens (primary N) is 1. The third-order valence-electron chi connectivity index (χ3n) is 1.36. The van der Waals surface area contributed by atoms with Gasteiger partial charge in [0.15, 0.2) is 0 Å². The van der Waals surface area contributed by atoms with Crippen molar-refractivity contribution in [1.29, 1.82) is 0 Å². The van der Waals surface area contributed by atoms with Crippen LogP contribution in [0.25, 0.3) is 0 Å². The fourth-order valence-corrected chi connectivity index (χ4v) is 0.638. The van der Waals surface area contributed by atoms with Crippen LogP contribution in [0.15, 0.2) is 5.16 Å². The largest absolute Gasteiger partial charge is 0.409 e. The predicted molar refractivity (Wildman–Crippen MR) is 42.6 cm³/mol. The molecule has 0 aromatic heterocycles. The van der Waals surface area contributed by atoms with Crippen LogP contribution in [-0.2, 0) is 0 Å². The van der Waals surface area contributed by atoms with Crippen LogP contribution in [0, 0.1) is 0 Å². The maximum atomic E-state index is 8.51. The summed E-state index contributed by atoms with van der Waals surface area (Å²) in [5.74, 6) is 0.217. The van der Waals surface area contributed by atoms with E-state index in [1.807, 2.05) is 11.9 Å². The summed E-state index contributed by atoms with van der Waals surface area (Å²) in [5.41, 5.74) is 5.23. The van der Waals surface area contributed by atoms with Gasteiger partial charge in [-0.05, 0) is 7.05 Å². The van der Waals surface area contributed by atoms with Crippen molar-refractivity contribution in [3.8, 4) is 0 Å². The number of hydrogen-bond donors (Lipinski definition) is 3. The number of likely N-dealkylation sites (N-methyl/N-ethyl adjacent to an activating group) is 1. The zero-order valence-electron chi connectivity index (χ0n) is 6.69. The zero-order chi connectivity index (χ0) is 8.69. The molecule has 5 nitrogen and oxygen atoms in total. The predicted octanol–water partition coefficient (Wildman–Crippen LogP) is -0.953.